The molecular formula is C16H19NO2. The zero-order chi connectivity index (χ0) is 13.5. The topological polar surface area (TPSA) is 30.5 Å². The van der Waals surface area contributed by atoms with Crippen molar-refractivity contribution < 1.29 is 9.47 Å². The van der Waals surface area contributed by atoms with Crippen LogP contribution in [0, 0.1) is 0 Å². The lowest BCUT2D eigenvalue weighted by atomic mass is 10.2. The molecule has 0 atom stereocenters. The van der Waals surface area contributed by atoms with E-state index in [1.165, 1.54) is 0 Å². The van der Waals surface area contributed by atoms with Crippen LogP contribution < -0.4 is 14.8 Å². The first-order valence-corrected chi connectivity index (χ1v) is 6.55. The summed E-state index contributed by atoms with van der Waals surface area (Å²) in [6.07, 6.45) is 0. The van der Waals surface area contributed by atoms with Gasteiger partial charge in [0.2, 0.25) is 0 Å². The molecule has 0 aliphatic carbocycles. The van der Waals surface area contributed by atoms with Crippen molar-refractivity contribution in [2.45, 2.75) is 13.8 Å². The minimum atomic E-state index is 0.636. The lowest BCUT2D eigenvalue weighted by Gasteiger charge is -2.14. The minimum Gasteiger partial charge on any atom is -0.494 e. The SMILES string of the molecule is CCOc1ccc(OCC)c(Nc2ccccc2)c1. The Kier molecular flexibility index (Phi) is 4.67. The molecule has 0 fully saturated rings. The van der Waals surface area contributed by atoms with E-state index in [1.54, 1.807) is 0 Å². The summed E-state index contributed by atoms with van der Waals surface area (Å²) in [5.74, 6) is 1.67. The Balaban J connectivity index is 2.26. The molecule has 0 aliphatic rings. The van der Waals surface area contributed by atoms with Gasteiger partial charge in [-0.2, -0.15) is 0 Å². The first kappa shape index (κ1) is 13.3. The largest absolute Gasteiger partial charge is 0.494 e. The maximum Gasteiger partial charge on any atom is 0.142 e. The van der Waals surface area contributed by atoms with Crippen LogP contribution in [-0.2, 0) is 0 Å². The average Bonchev–Trinajstić information content (AvgIpc) is 2.43. The maximum absolute atomic E-state index is 5.62. The molecule has 0 unspecified atom stereocenters. The fourth-order valence-electron chi connectivity index (χ4n) is 1.82. The molecule has 3 nitrogen and oxygen atoms in total. The highest BCUT2D eigenvalue weighted by Crippen LogP contribution is 2.31. The molecule has 2 aromatic carbocycles. The third kappa shape index (κ3) is 3.65. The first-order chi connectivity index (χ1) is 9.33. The lowest BCUT2D eigenvalue weighted by molar-refractivity contribution is 0.332. The molecule has 1 N–H and O–H groups in total. The molecule has 100 valence electrons. The molecule has 0 amide bonds. The van der Waals surface area contributed by atoms with Crippen LogP contribution in [0.3, 0.4) is 0 Å². The van der Waals surface area contributed by atoms with Gasteiger partial charge in [-0.1, -0.05) is 18.2 Å². The van der Waals surface area contributed by atoms with E-state index in [2.05, 4.69) is 5.32 Å². The molecule has 0 bridgehead atoms. The van der Waals surface area contributed by atoms with Gasteiger partial charge in [0.25, 0.3) is 0 Å². The monoisotopic (exact) mass is 257 g/mol. The summed E-state index contributed by atoms with van der Waals surface area (Å²) in [6, 6.07) is 15.8. The molecule has 0 saturated carbocycles. The highest BCUT2D eigenvalue weighted by molar-refractivity contribution is 5.68. The summed E-state index contributed by atoms with van der Waals surface area (Å²) in [4.78, 5) is 0. The normalized spacial score (nSPS) is 10.0. The van der Waals surface area contributed by atoms with Crippen molar-refractivity contribution in [1.29, 1.82) is 0 Å². The predicted octanol–water partition coefficient (Wildman–Crippen LogP) is 4.23. The molecule has 2 aromatic rings. The Labute approximate surface area is 114 Å². The van der Waals surface area contributed by atoms with Gasteiger partial charge in [-0.15, -0.1) is 0 Å². The summed E-state index contributed by atoms with van der Waals surface area (Å²) >= 11 is 0. The fraction of sp³-hybridized carbons (Fsp3) is 0.250. The highest BCUT2D eigenvalue weighted by atomic mass is 16.5. The van der Waals surface area contributed by atoms with Crippen LogP contribution in [0.5, 0.6) is 11.5 Å². The van der Waals surface area contributed by atoms with E-state index in [4.69, 9.17) is 9.47 Å². The number of rotatable bonds is 6. The standard InChI is InChI=1S/C16H19NO2/c1-3-18-14-10-11-16(19-4-2)15(12-14)17-13-8-6-5-7-9-13/h5-12,17H,3-4H2,1-2H3. The van der Waals surface area contributed by atoms with E-state index < -0.39 is 0 Å². The van der Waals surface area contributed by atoms with Crippen molar-refractivity contribution in [3.8, 4) is 11.5 Å². The summed E-state index contributed by atoms with van der Waals surface area (Å²) in [7, 11) is 0. The highest BCUT2D eigenvalue weighted by Gasteiger charge is 2.06. The van der Waals surface area contributed by atoms with Crippen LogP contribution in [0.15, 0.2) is 48.5 Å². The smallest absolute Gasteiger partial charge is 0.142 e. The molecule has 0 heterocycles. The van der Waals surface area contributed by atoms with E-state index in [0.717, 1.165) is 22.9 Å². The Morgan fingerprint density at radius 3 is 2.32 bits per heavy atom. The second-order valence-electron chi connectivity index (χ2n) is 4.02. The van der Waals surface area contributed by atoms with Crippen molar-refractivity contribution in [2.75, 3.05) is 18.5 Å². The number of benzene rings is 2. The van der Waals surface area contributed by atoms with Crippen molar-refractivity contribution in [2.24, 2.45) is 0 Å². The van der Waals surface area contributed by atoms with Gasteiger partial charge in [-0.3, -0.25) is 0 Å². The van der Waals surface area contributed by atoms with Crippen molar-refractivity contribution in [1.82, 2.24) is 0 Å². The number of hydrogen-bond acceptors (Lipinski definition) is 3. The minimum absolute atomic E-state index is 0.636. The van der Waals surface area contributed by atoms with Crippen molar-refractivity contribution >= 4 is 11.4 Å². The zero-order valence-electron chi connectivity index (χ0n) is 11.3. The number of nitrogens with one attached hydrogen (secondary N) is 1. The summed E-state index contributed by atoms with van der Waals surface area (Å²) in [5, 5.41) is 3.35. The van der Waals surface area contributed by atoms with Gasteiger partial charge in [0.1, 0.15) is 11.5 Å². The van der Waals surface area contributed by atoms with Crippen LogP contribution >= 0.6 is 0 Å². The molecular weight excluding hydrogens is 238 g/mol. The average molecular weight is 257 g/mol. The molecule has 0 saturated heterocycles. The summed E-state index contributed by atoms with van der Waals surface area (Å²) in [6.45, 7) is 5.24. The van der Waals surface area contributed by atoms with Gasteiger partial charge in [0.15, 0.2) is 0 Å². The summed E-state index contributed by atoms with van der Waals surface area (Å²) < 4.78 is 11.1. The van der Waals surface area contributed by atoms with Gasteiger partial charge >= 0.3 is 0 Å². The Bertz CT molecular complexity index is 511. The predicted molar refractivity (Wildman–Crippen MR) is 78.5 cm³/mol. The zero-order valence-corrected chi connectivity index (χ0v) is 11.3. The van der Waals surface area contributed by atoms with Gasteiger partial charge < -0.3 is 14.8 Å². The van der Waals surface area contributed by atoms with Crippen LogP contribution in [0.2, 0.25) is 0 Å². The Morgan fingerprint density at radius 1 is 0.895 bits per heavy atom. The maximum atomic E-state index is 5.62. The number of anilines is 2. The Morgan fingerprint density at radius 2 is 1.63 bits per heavy atom. The number of ether oxygens (including phenoxy) is 2. The van der Waals surface area contributed by atoms with E-state index in [1.807, 2.05) is 62.4 Å². The lowest BCUT2D eigenvalue weighted by Crippen LogP contribution is -1.99. The van der Waals surface area contributed by atoms with Crippen LogP contribution in [-0.4, -0.2) is 13.2 Å². The third-order valence-electron chi connectivity index (χ3n) is 2.61. The van der Waals surface area contributed by atoms with E-state index in [0.29, 0.717) is 13.2 Å². The quantitative estimate of drug-likeness (QED) is 0.840. The molecule has 0 aliphatic heterocycles. The van der Waals surface area contributed by atoms with Gasteiger partial charge in [0.05, 0.1) is 18.9 Å². The molecule has 19 heavy (non-hydrogen) atoms. The third-order valence-corrected chi connectivity index (χ3v) is 2.61. The van der Waals surface area contributed by atoms with Gasteiger partial charge in [0, 0.05) is 11.8 Å². The molecule has 0 radical (unpaired) electrons. The van der Waals surface area contributed by atoms with Crippen LogP contribution in [0.1, 0.15) is 13.8 Å². The van der Waals surface area contributed by atoms with Crippen LogP contribution in [0.25, 0.3) is 0 Å². The van der Waals surface area contributed by atoms with Crippen molar-refractivity contribution in [3.05, 3.63) is 48.5 Å². The van der Waals surface area contributed by atoms with E-state index >= 15 is 0 Å². The fourth-order valence-corrected chi connectivity index (χ4v) is 1.82. The molecule has 3 heteroatoms. The van der Waals surface area contributed by atoms with E-state index in [9.17, 15) is 0 Å². The van der Waals surface area contributed by atoms with E-state index in [-0.39, 0.29) is 0 Å². The van der Waals surface area contributed by atoms with Gasteiger partial charge in [-0.05, 0) is 38.1 Å². The van der Waals surface area contributed by atoms with Crippen LogP contribution in [0.4, 0.5) is 11.4 Å². The summed E-state index contributed by atoms with van der Waals surface area (Å²) in [5.41, 5.74) is 1.94. The number of hydrogen-bond donors (Lipinski definition) is 1. The first-order valence-electron chi connectivity index (χ1n) is 6.55. The number of para-hydroxylation sites is 1. The van der Waals surface area contributed by atoms with Crippen molar-refractivity contribution in [3.63, 3.8) is 0 Å². The molecule has 0 spiro atoms. The Hall–Kier alpha value is -2.16. The molecule has 0 aromatic heterocycles. The second kappa shape index (κ2) is 6.69. The van der Waals surface area contributed by atoms with Gasteiger partial charge in [-0.25, -0.2) is 0 Å². The second-order valence-corrected chi connectivity index (χ2v) is 4.02. The molecule has 2 rings (SSSR count).